The molecule has 4 aromatic rings. The first-order valence-corrected chi connectivity index (χ1v) is 11.4. The van der Waals surface area contributed by atoms with Crippen LogP contribution >= 0.6 is 11.8 Å². The van der Waals surface area contributed by atoms with Gasteiger partial charge in [-0.3, -0.25) is 4.79 Å². The number of para-hydroxylation sites is 1. The number of rotatable bonds is 8. The molecule has 0 fully saturated rings. The van der Waals surface area contributed by atoms with Crippen molar-refractivity contribution in [2.75, 3.05) is 25.8 Å². The summed E-state index contributed by atoms with van der Waals surface area (Å²) in [5.74, 6) is 7.51. The van der Waals surface area contributed by atoms with Gasteiger partial charge in [-0.1, -0.05) is 84.6 Å². The van der Waals surface area contributed by atoms with E-state index in [1.807, 2.05) is 92.0 Å². The van der Waals surface area contributed by atoms with Gasteiger partial charge in [-0.25, -0.2) is 4.68 Å². The first kappa shape index (κ1) is 22.4. The largest absolute Gasteiger partial charge is 0.496 e. The van der Waals surface area contributed by atoms with Crippen molar-refractivity contribution in [3.63, 3.8) is 0 Å². The fraction of sp³-hybridized carbons (Fsp3) is 0.160. The second-order valence-electron chi connectivity index (χ2n) is 7.39. The van der Waals surface area contributed by atoms with Gasteiger partial charge < -0.3 is 15.5 Å². The highest BCUT2D eigenvalue weighted by Gasteiger charge is 2.24. The molecule has 0 saturated carbocycles. The molecule has 168 valence electrons. The third-order valence-electron chi connectivity index (χ3n) is 5.35. The maximum Gasteiger partial charge on any atom is 0.233 e. The second-order valence-corrected chi connectivity index (χ2v) is 8.34. The van der Waals surface area contributed by atoms with Crippen molar-refractivity contribution in [2.24, 2.45) is 0 Å². The maximum atomic E-state index is 13.2. The van der Waals surface area contributed by atoms with E-state index >= 15 is 0 Å². The van der Waals surface area contributed by atoms with E-state index in [9.17, 15) is 4.79 Å². The number of nitrogens with zero attached hydrogens (tertiary/aromatic N) is 4. The lowest BCUT2D eigenvalue weighted by atomic mass is 9.97. The van der Waals surface area contributed by atoms with Crippen LogP contribution < -0.4 is 10.6 Å². The fourth-order valence-corrected chi connectivity index (χ4v) is 4.45. The van der Waals surface area contributed by atoms with Crippen molar-refractivity contribution in [3.05, 3.63) is 96.1 Å². The van der Waals surface area contributed by atoms with Gasteiger partial charge in [0.05, 0.1) is 24.5 Å². The van der Waals surface area contributed by atoms with Crippen LogP contribution in [-0.4, -0.2) is 45.6 Å². The van der Waals surface area contributed by atoms with Crippen LogP contribution in [0.2, 0.25) is 0 Å². The van der Waals surface area contributed by atoms with Gasteiger partial charge in [0.1, 0.15) is 5.75 Å². The number of aromatic nitrogens is 3. The molecule has 0 aliphatic heterocycles. The quantitative estimate of drug-likeness (QED) is 0.317. The van der Waals surface area contributed by atoms with Gasteiger partial charge >= 0.3 is 0 Å². The molecule has 1 heterocycles. The molecule has 0 aliphatic carbocycles. The van der Waals surface area contributed by atoms with Crippen LogP contribution in [0.5, 0.6) is 5.75 Å². The zero-order chi connectivity index (χ0) is 23.2. The van der Waals surface area contributed by atoms with E-state index < -0.39 is 0 Å². The molecule has 1 aromatic heterocycles. The molecule has 4 rings (SSSR count). The molecule has 0 atom stereocenters. The molecule has 33 heavy (non-hydrogen) atoms. The number of hydrogen-bond acceptors (Lipinski definition) is 6. The Morgan fingerprint density at radius 3 is 2.15 bits per heavy atom. The number of carbonyl (C=O) groups excluding carboxylic acids is 1. The maximum absolute atomic E-state index is 13.2. The summed E-state index contributed by atoms with van der Waals surface area (Å²) < 4.78 is 6.79. The number of nitrogens with two attached hydrogens (primary N) is 1. The van der Waals surface area contributed by atoms with Crippen LogP contribution in [0.15, 0.2) is 90.1 Å². The van der Waals surface area contributed by atoms with Gasteiger partial charge in [0, 0.05) is 7.05 Å². The molecule has 3 aromatic carbocycles. The SMILES string of the molecule is COc1ccccc1-c1nnc(SCC(=O)N(C)C(c2ccccc2)c2ccccc2)n1N. The Bertz CT molecular complexity index is 1170. The van der Waals surface area contributed by atoms with Gasteiger partial charge in [0.2, 0.25) is 11.1 Å². The standard InChI is InChI=1S/C25H25N5O2S/c1-29(23(18-11-5-3-6-12-18)19-13-7-4-8-14-19)22(31)17-33-25-28-27-24(30(25)26)20-15-9-10-16-21(20)32-2/h3-16,23H,17,26H2,1-2H3. The minimum absolute atomic E-state index is 0.0421. The lowest BCUT2D eigenvalue weighted by Crippen LogP contribution is -2.33. The first-order chi connectivity index (χ1) is 16.1. The second kappa shape index (κ2) is 10.2. The van der Waals surface area contributed by atoms with Crippen LogP contribution in [0.3, 0.4) is 0 Å². The predicted molar refractivity (Wildman–Crippen MR) is 130 cm³/mol. The monoisotopic (exact) mass is 459 g/mol. The van der Waals surface area contributed by atoms with E-state index in [-0.39, 0.29) is 17.7 Å². The van der Waals surface area contributed by atoms with Gasteiger partial charge in [-0.15, -0.1) is 10.2 Å². The molecule has 0 bridgehead atoms. The van der Waals surface area contributed by atoms with E-state index in [0.29, 0.717) is 16.7 Å². The summed E-state index contributed by atoms with van der Waals surface area (Å²) in [6.45, 7) is 0. The Kier molecular flexibility index (Phi) is 6.95. The molecule has 2 N–H and O–H groups in total. The molecular weight excluding hydrogens is 434 g/mol. The van der Waals surface area contributed by atoms with Crippen molar-refractivity contribution in [3.8, 4) is 17.1 Å². The molecule has 0 radical (unpaired) electrons. The van der Waals surface area contributed by atoms with Gasteiger partial charge in [-0.2, -0.15) is 0 Å². The molecule has 0 saturated heterocycles. The highest BCUT2D eigenvalue weighted by atomic mass is 32.2. The Morgan fingerprint density at radius 1 is 0.970 bits per heavy atom. The van der Waals surface area contributed by atoms with Crippen LogP contribution in [0.4, 0.5) is 0 Å². The number of nitrogen functional groups attached to an aromatic ring is 1. The van der Waals surface area contributed by atoms with Gasteiger partial charge in [-0.05, 0) is 23.3 Å². The number of thioether (sulfide) groups is 1. The molecule has 0 unspecified atom stereocenters. The highest BCUT2D eigenvalue weighted by Crippen LogP contribution is 2.31. The topological polar surface area (TPSA) is 86.3 Å². The zero-order valence-corrected chi connectivity index (χ0v) is 19.3. The number of ether oxygens (including phenoxy) is 1. The predicted octanol–water partition coefficient (Wildman–Crippen LogP) is 4.01. The van der Waals surface area contributed by atoms with E-state index in [1.54, 1.807) is 12.0 Å². The normalized spacial score (nSPS) is 10.9. The lowest BCUT2D eigenvalue weighted by molar-refractivity contribution is -0.128. The summed E-state index contributed by atoms with van der Waals surface area (Å²) in [6.07, 6.45) is 0. The van der Waals surface area contributed by atoms with Gasteiger partial charge in [0.15, 0.2) is 5.82 Å². The summed E-state index contributed by atoms with van der Waals surface area (Å²) in [4.78, 5) is 14.9. The van der Waals surface area contributed by atoms with E-state index in [1.165, 1.54) is 16.4 Å². The van der Waals surface area contributed by atoms with Crippen LogP contribution in [-0.2, 0) is 4.79 Å². The summed E-state index contributed by atoms with van der Waals surface area (Å²) in [7, 11) is 3.41. The lowest BCUT2D eigenvalue weighted by Gasteiger charge is -2.29. The van der Waals surface area contributed by atoms with E-state index in [4.69, 9.17) is 10.6 Å². The minimum atomic E-state index is -0.194. The average Bonchev–Trinajstić information content (AvgIpc) is 3.23. The Morgan fingerprint density at radius 2 is 1.55 bits per heavy atom. The number of methoxy groups -OCH3 is 1. The summed E-state index contributed by atoms with van der Waals surface area (Å²) in [5.41, 5.74) is 2.83. The number of hydrogen-bond donors (Lipinski definition) is 1. The highest BCUT2D eigenvalue weighted by molar-refractivity contribution is 7.99. The summed E-state index contributed by atoms with van der Waals surface area (Å²) >= 11 is 1.25. The molecule has 8 heteroatoms. The van der Waals surface area contributed by atoms with Gasteiger partial charge in [0.25, 0.3) is 0 Å². The number of amides is 1. The Balaban J connectivity index is 1.52. The average molecular weight is 460 g/mol. The molecular formula is C25H25N5O2S. The molecule has 7 nitrogen and oxygen atoms in total. The first-order valence-electron chi connectivity index (χ1n) is 10.4. The molecule has 1 amide bonds. The van der Waals surface area contributed by atoms with Crippen LogP contribution in [0, 0.1) is 0 Å². The van der Waals surface area contributed by atoms with Crippen molar-refractivity contribution >= 4 is 17.7 Å². The molecule has 0 aliphatic rings. The zero-order valence-electron chi connectivity index (χ0n) is 18.5. The van der Waals surface area contributed by atoms with E-state index in [0.717, 1.165) is 16.7 Å². The van der Waals surface area contributed by atoms with E-state index in [2.05, 4.69) is 10.2 Å². The minimum Gasteiger partial charge on any atom is -0.496 e. The van der Waals surface area contributed by atoms with Crippen molar-refractivity contribution < 1.29 is 9.53 Å². The third-order valence-corrected chi connectivity index (χ3v) is 6.28. The third kappa shape index (κ3) is 4.85. The van der Waals surface area contributed by atoms with Crippen LogP contribution in [0.1, 0.15) is 17.2 Å². The number of benzene rings is 3. The Hall–Kier alpha value is -3.78. The fourth-order valence-electron chi connectivity index (χ4n) is 3.67. The summed E-state index contributed by atoms with van der Waals surface area (Å²) in [5, 5.41) is 8.85. The number of carbonyl (C=O) groups is 1. The van der Waals surface area contributed by atoms with Crippen LogP contribution in [0.25, 0.3) is 11.4 Å². The van der Waals surface area contributed by atoms with Crippen molar-refractivity contribution in [1.82, 2.24) is 19.8 Å². The molecule has 0 spiro atoms. The summed E-state index contributed by atoms with van der Waals surface area (Å²) in [6, 6.07) is 27.3. The van der Waals surface area contributed by atoms with Crippen molar-refractivity contribution in [2.45, 2.75) is 11.2 Å². The Labute approximate surface area is 197 Å². The van der Waals surface area contributed by atoms with Crippen molar-refractivity contribution in [1.29, 1.82) is 0 Å². The smallest absolute Gasteiger partial charge is 0.233 e.